The standard InChI is InChI=1S/C16H19N3O4S.ClH/c1-8-7-24-15-11(14(21)19(15)12(8)16(22)23)18-13(20)10(17)9-5-3-2-4-6-9;/h2-3,6,10-11,15H,4-5,7,17H2,1H3,(H,18,20)(H,22,23);1H/t10?,11-,15-;/m1./s1. The van der Waals surface area contributed by atoms with Crippen molar-refractivity contribution < 1.29 is 19.5 Å². The zero-order valence-corrected chi connectivity index (χ0v) is 15.2. The van der Waals surface area contributed by atoms with Crippen molar-refractivity contribution in [1.82, 2.24) is 10.2 Å². The smallest absolute Gasteiger partial charge is 0.352 e. The number of nitrogens with zero attached hydrogens (tertiary/aromatic N) is 1. The molecule has 2 amide bonds. The molecule has 1 aliphatic carbocycles. The number of halogens is 1. The van der Waals surface area contributed by atoms with Crippen LogP contribution in [-0.2, 0) is 14.4 Å². The molecule has 1 fully saturated rings. The Labute approximate surface area is 155 Å². The van der Waals surface area contributed by atoms with Crippen LogP contribution in [0.2, 0.25) is 0 Å². The lowest BCUT2D eigenvalue weighted by atomic mass is 9.97. The lowest BCUT2D eigenvalue weighted by molar-refractivity contribution is -0.150. The molecular weight excluding hydrogens is 366 g/mol. The second-order valence-corrected chi connectivity index (χ2v) is 7.10. The normalized spacial score (nSPS) is 26.1. The number of hydrogen-bond donors (Lipinski definition) is 3. The molecule has 9 heteroatoms. The number of carbonyl (C=O) groups excluding carboxylic acids is 2. The van der Waals surface area contributed by atoms with Gasteiger partial charge in [-0.05, 0) is 30.9 Å². The molecule has 0 bridgehead atoms. The molecule has 25 heavy (non-hydrogen) atoms. The molecular formula is C16H20ClN3O4S. The fourth-order valence-electron chi connectivity index (χ4n) is 3.06. The Morgan fingerprint density at radius 1 is 1.44 bits per heavy atom. The molecule has 4 N–H and O–H groups in total. The Kier molecular flexibility index (Phi) is 5.97. The number of carboxylic acids is 1. The van der Waals surface area contributed by atoms with Crippen molar-refractivity contribution in [2.45, 2.75) is 37.2 Å². The molecule has 3 aliphatic rings. The summed E-state index contributed by atoms with van der Waals surface area (Å²) >= 11 is 1.45. The van der Waals surface area contributed by atoms with E-state index >= 15 is 0 Å². The van der Waals surface area contributed by atoms with Gasteiger partial charge in [0.15, 0.2) is 0 Å². The molecule has 0 radical (unpaired) electrons. The van der Waals surface area contributed by atoms with E-state index in [0.717, 1.165) is 12.0 Å². The minimum atomic E-state index is -1.12. The minimum Gasteiger partial charge on any atom is -0.477 e. The van der Waals surface area contributed by atoms with Crippen molar-refractivity contribution >= 4 is 42.0 Å². The Morgan fingerprint density at radius 2 is 2.16 bits per heavy atom. The van der Waals surface area contributed by atoms with Crippen molar-refractivity contribution in [2.75, 3.05) is 5.75 Å². The lowest BCUT2D eigenvalue weighted by Crippen LogP contribution is -2.71. The van der Waals surface area contributed by atoms with E-state index in [1.807, 2.05) is 18.2 Å². The first-order valence-corrected chi connectivity index (χ1v) is 8.74. The molecule has 1 unspecified atom stereocenters. The molecule has 1 saturated heterocycles. The predicted octanol–water partition coefficient (Wildman–Crippen LogP) is 0.770. The maximum absolute atomic E-state index is 12.3. The van der Waals surface area contributed by atoms with Crippen LogP contribution in [0.3, 0.4) is 0 Å². The molecule has 0 spiro atoms. The fraction of sp³-hybridized carbons (Fsp3) is 0.438. The molecule has 3 rings (SSSR count). The van der Waals surface area contributed by atoms with Gasteiger partial charge in [-0.3, -0.25) is 14.5 Å². The van der Waals surface area contributed by atoms with Gasteiger partial charge >= 0.3 is 5.97 Å². The Balaban J connectivity index is 0.00000225. The Bertz CT molecular complexity index is 703. The largest absolute Gasteiger partial charge is 0.477 e. The van der Waals surface area contributed by atoms with Crippen molar-refractivity contribution in [2.24, 2.45) is 5.73 Å². The number of nitrogens with two attached hydrogens (primary N) is 1. The monoisotopic (exact) mass is 385 g/mol. The van der Waals surface area contributed by atoms with Crippen LogP contribution in [0, 0.1) is 0 Å². The van der Waals surface area contributed by atoms with E-state index < -0.39 is 29.9 Å². The maximum Gasteiger partial charge on any atom is 0.352 e. The highest BCUT2D eigenvalue weighted by Crippen LogP contribution is 2.40. The van der Waals surface area contributed by atoms with E-state index in [2.05, 4.69) is 5.32 Å². The van der Waals surface area contributed by atoms with Gasteiger partial charge in [-0.2, -0.15) is 0 Å². The lowest BCUT2D eigenvalue weighted by Gasteiger charge is -2.49. The van der Waals surface area contributed by atoms with E-state index in [9.17, 15) is 19.5 Å². The van der Waals surface area contributed by atoms with Gasteiger partial charge in [0.05, 0.1) is 0 Å². The summed E-state index contributed by atoms with van der Waals surface area (Å²) in [5.41, 5.74) is 7.49. The van der Waals surface area contributed by atoms with Crippen molar-refractivity contribution in [3.8, 4) is 0 Å². The Morgan fingerprint density at radius 3 is 2.76 bits per heavy atom. The van der Waals surface area contributed by atoms with Crippen molar-refractivity contribution in [3.63, 3.8) is 0 Å². The number of amides is 2. The highest BCUT2D eigenvalue weighted by molar-refractivity contribution is 8.00. The van der Waals surface area contributed by atoms with Gasteiger partial charge < -0.3 is 16.2 Å². The average Bonchev–Trinajstić information content (AvgIpc) is 2.59. The third-order valence-corrected chi connectivity index (χ3v) is 5.80. The number of carboxylic acid groups (broad SMARTS) is 1. The zero-order valence-electron chi connectivity index (χ0n) is 13.6. The first kappa shape index (κ1) is 19.6. The summed E-state index contributed by atoms with van der Waals surface area (Å²) < 4.78 is 0. The summed E-state index contributed by atoms with van der Waals surface area (Å²) in [4.78, 5) is 37.3. The molecule has 0 saturated carbocycles. The predicted molar refractivity (Wildman–Crippen MR) is 97.0 cm³/mol. The molecule has 0 aromatic heterocycles. The van der Waals surface area contributed by atoms with Gasteiger partial charge in [0.1, 0.15) is 23.2 Å². The van der Waals surface area contributed by atoms with Crippen LogP contribution >= 0.6 is 24.2 Å². The number of β-lactam (4-membered cyclic amide) rings is 1. The molecule has 2 heterocycles. The zero-order chi connectivity index (χ0) is 17.4. The van der Waals surface area contributed by atoms with E-state index in [1.165, 1.54) is 16.7 Å². The SMILES string of the molecule is CC1=C(C(=O)O)N2C(=O)[C@@H](NC(=O)C(N)C3=CCC=CC3)[C@H]2SC1.Cl. The minimum absolute atomic E-state index is 0. The third kappa shape index (κ3) is 3.47. The van der Waals surface area contributed by atoms with Crippen molar-refractivity contribution in [1.29, 1.82) is 0 Å². The average molecular weight is 386 g/mol. The quantitative estimate of drug-likeness (QED) is 0.486. The van der Waals surface area contributed by atoms with Gasteiger partial charge in [-0.15, -0.1) is 24.2 Å². The van der Waals surface area contributed by atoms with Crippen LogP contribution in [-0.4, -0.2) is 51.0 Å². The summed E-state index contributed by atoms with van der Waals surface area (Å²) in [5.74, 6) is -1.41. The molecule has 7 nitrogen and oxygen atoms in total. The van der Waals surface area contributed by atoms with Crippen LogP contribution in [0.5, 0.6) is 0 Å². The second kappa shape index (κ2) is 7.63. The van der Waals surface area contributed by atoms with Crippen LogP contribution in [0.25, 0.3) is 0 Å². The second-order valence-electron chi connectivity index (χ2n) is 6.00. The molecule has 0 aromatic carbocycles. The fourth-order valence-corrected chi connectivity index (χ4v) is 4.35. The van der Waals surface area contributed by atoms with Gasteiger partial charge in [0.25, 0.3) is 5.91 Å². The van der Waals surface area contributed by atoms with Gasteiger partial charge in [-0.1, -0.05) is 18.2 Å². The van der Waals surface area contributed by atoms with Crippen LogP contribution in [0.15, 0.2) is 35.1 Å². The highest BCUT2D eigenvalue weighted by atomic mass is 35.5. The number of carbonyl (C=O) groups is 3. The van der Waals surface area contributed by atoms with Gasteiger partial charge in [0, 0.05) is 5.75 Å². The Hall–Kier alpha value is -1.77. The topological polar surface area (TPSA) is 113 Å². The van der Waals surface area contributed by atoms with E-state index in [-0.39, 0.29) is 23.5 Å². The molecule has 3 atom stereocenters. The van der Waals surface area contributed by atoms with Crippen LogP contribution < -0.4 is 11.1 Å². The number of rotatable bonds is 4. The summed E-state index contributed by atoms with van der Waals surface area (Å²) in [7, 11) is 0. The molecule has 2 aliphatic heterocycles. The number of hydrogen-bond acceptors (Lipinski definition) is 5. The molecule has 0 aromatic rings. The number of fused-ring (bicyclic) bond motifs is 1. The maximum atomic E-state index is 12.3. The first-order chi connectivity index (χ1) is 11.4. The van der Waals surface area contributed by atoms with E-state index in [1.54, 1.807) is 6.92 Å². The summed E-state index contributed by atoms with van der Waals surface area (Å²) in [6, 6.07) is -1.52. The number of aliphatic carboxylic acids is 1. The summed E-state index contributed by atoms with van der Waals surface area (Å²) in [6.07, 6.45) is 7.26. The third-order valence-electron chi connectivity index (χ3n) is 4.38. The number of allylic oxidation sites excluding steroid dienone is 3. The van der Waals surface area contributed by atoms with E-state index in [4.69, 9.17) is 5.73 Å². The summed E-state index contributed by atoms with van der Waals surface area (Å²) in [6.45, 7) is 1.70. The highest BCUT2D eigenvalue weighted by Gasteiger charge is 2.53. The van der Waals surface area contributed by atoms with Crippen molar-refractivity contribution in [3.05, 3.63) is 35.1 Å². The first-order valence-electron chi connectivity index (χ1n) is 7.69. The number of thioether (sulfide) groups is 1. The van der Waals surface area contributed by atoms with E-state index in [0.29, 0.717) is 17.7 Å². The molecule has 136 valence electrons. The van der Waals surface area contributed by atoms with Crippen LogP contribution in [0.4, 0.5) is 0 Å². The van der Waals surface area contributed by atoms with Gasteiger partial charge in [-0.25, -0.2) is 4.79 Å². The summed E-state index contributed by atoms with van der Waals surface area (Å²) in [5, 5.41) is 11.6. The van der Waals surface area contributed by atoms with Crippen LogP contribution in [0.1, 0.15) is 19.8 Å². The number of nitrogens with one attached hydrogen (secondary N) is 1. The van der Waals surface area contributed by atoms with Gasteiger partial charge in [0.2, 0.25) is 5.91 Å².